The smallest absolute Gasteiger partial charge is 0.0396 e. The second-order valence-corrected chi connectivity index (χ2v) is 5.94. The Morgan fingerprint density at radius 1 is 0.900 bits per heavy atom. The van der Waals surface area contributed by atoms with Crippen molar-refractivity contribution in [2.45, 2.75) is 32.1 Å². The molecule has 0 saturated carbocycles. The molecule has 2 aromatic carbocycles. The van der Waals surface area contributed by atoms with Gasteiger partial charge < -0.3 is 4.90 Å². The molecule has 104 valence electrons. The maximum absolute atomic E-state index is 2.31. The highest BCUT2D eigenvalue weighted by Gasteiger charge is 2.16. The van der Waals surface area contributed by atoms with E-state index in [-0.39, 0.29) is 0 Å². The number of nitrogens with zero attached hydrogens (tertiary/aromatic N) is 1. The first-order valence-electron chi connectivity index (χ1n) is 7.62. The molecule has 20 heavy (non-hydrogen) atoms. The highest BCUT2D eigenvalue weighted by Crippen LogP contribution is 2.31. The van der Waals surface area contributed by atoms with Crippen LogP contribution in [0.1, 0.15) is 36.0 Å². The fraction of sp³-hybridized carbons (Fsp3) is 0.368. The highest BCUT2D eigenvalue weighted by molar-refractivity contribution is 5.56. The summed E-state index contributed by atoms with van der Waals surface area (Å²) in [6.45, 7) is 3.49. The van der Waals surface area contributed by atoms with Gasteiger partial charge in [0.1, 0.15) is 0 Å². The van der Waals surface area contributed by atoms with Crippen molar-refractivity contribution in [1.82, 2.24) is 0 Å². The van der Waals surface area contributed by atoms with E-state index in [9.17, 15) is 0 Å². The van der Waals surface area contributed by atoms with Gasteiger partial charge in [-0.05, 0) is 47.9 Å². The van der Waals surface area contributed by atoms with Crippen LogP contribution in [0, 0.1) is 0 Å². The largest absolute Gasteiger partial charge is 0.374 e. The van der Waals surface area contributed by atoms with Crippen LogP contribution in [0.3, 0.4) is 0 Å². The molecule has 1 unspecified atom stereocenters. The van der Waals surface area contributed by atoms with Gasteiger partial charge in [0.05, 0.1) is 0 Å². The third-order valence-electron chi connectivity index (χ3n) is 4.55. The molecule has 0 bridgehead atoms. The topological polar surface area (TPSA) is 3.24 Å². The number of anilines is 1. The minimum absolute atomic E-state index is 0.802. The zero-order chi connectivity index (χ0) is 13.9. The summed E-state index contributed by atoms with van der Waals surface area (Å²) >= 11 is 0. The standard InChI is InChI=1S/C10H12.C9H11N/c1-8-6-7-9-4-2-3-5-10(8)9;1-10-7-6-8-4-2-3-5-9(8)10/h2-5,8H,6-7H2,1H3;2-5H,6-7H2,1H3. The molecule has 1 heterocycles. The van der Waals surface area contributed by atoms with Gasteiger partial charge in [-0.3, -0.25) is 0 Å². The number of para-hydroxylation sites is 1. The van der Waals surface area contributed by atoms with Gasteiger partial charge in [0.15, 0.2) is 0 Å². The van der Waals surface area contributed by atoms with E-state index in [1.165, 1.54) is 37.1 Å². The molecule has 0 aromatic heterocycles. The molecular weight excluding hydrogens is 242 g/mol. The van der Waals surface area contributed by atoms with E-state index in [1.54, 1.807) is 11.1 Å². The fourth-order valence-electron chi connectivity index (χ4n) is 3.27. The van der Waals surface area contributed by atoms with Gasteiger partial charge in [0, 0.05) is 19.3 Å². The van der Waals surface area contributed by atoms with E-state index in [2.05, 4.69) is 67.4 Å². The molecule has 0 radical (unpaired) electrons. The molecular formula is C19H23N. The minimum atomic E-state index is 0.802. The van der Waals surface area contributed by atoms with Crippen molar-refractivity contribution in [1.29, 1.82) is 0 Å². The van der Waals surface area contributed by atoms with Crippen LogP contribution >= 0.6 is 0 Å². The summed E-state index contributed by atoms with van der Waals surface area (Å²) in [6.07, 6.45) is 3.85. The van der Waals surface area contributed by atoms with Gasteiger partial charge in [-0.2, -0.15) is 0 Å². The van der Waals surface area contributed by atoms with Crippen LogP contribution in [0.5, 0.6) is 0 Å². The maximum Gasteiger partial charge on any atom is 0.0396 e. The molecule has 4 rings (SSSR count). The highest BCUT2D eigenvalue weighted by atomic mass is 15.1. The molecule has 1 atom stereocenters. The van der Waals surface area contributed by atoms with Crippen LogP contribution in [0.25, 0.3) is 0 Å². The van der Waals surface area contributed by atoms with Gasteiger partial charge in [-0.15, -0.1) is 0 Å². The number of rotatable bonds is 0. The Bertz CT molecular complexity index is 534. The summed E-state index contributed by atoms with van der Waals surface area (Å²) in [5, 5.41) is 0. The lowest BCUT2D eigenvalue weighted by atomic mass is 10.0. The molecule has 0 saturated heterocycles. The van der Waals surface area contributed by atoms with Crippen molar-refractivity contribution >= 4 is 5.69 Å². The molecule has 0 fully saturated rings. The first-order valence-corrected chi connectivity index (χ1v) is 7.62. The summed E-state index contributed by atoms with van der Waals surface area (Å²) in [5.41, 5.74) is 6.03. The predicted octanol–water partition coefficient (Wildman–Crippen LogP) is 4.42. The molecule has 0 spiro atoms. The number of benzene rings is 2. The quantitative estimate of drug-likeness (QED) is 0.682. The fourth-order valence-corrected chi connectivity index (χ4v) is 3.27. The number of hydrogen-bond donors (Lipinski definition) is 0. The minimum Gasteiger partial charge on any atom is -0.374 e. The van der Waals surface area contributed by atoms with Crippen molar-refractivity contribution in [2.24, 2.45) is 0 Å². The molecule has 1 aliphatic heterocycles. The number of likely N-dealkylation sites (N-methyl/N-ethyl adjacent to an activating group) is 1. The van der Waals surface area contributed by atoms with Crippen LogP contribution < -0.4 is 4.90 Å². The van der Waals surface area contributed by atoms with Crippen LogP contribution in [0.15, 0.2) is 48.5 Å². The molecule has 0 amide bonds. The van der Waals surface area contributed by atoms with E-state index >= 15 is 0 Å². The van der Waals surface area contributed by atoms with E-state index in [1.807, 2.05) is 0 Å². The molecule has 2 aliphatic rings. The summed E-state index contributed by atoms with van der Waals surface area (Å²) in [4.78, 5) is 2.30. The Morgan fingerprint density at radius 2 is 1.60 bits per heavy atom. The normalized spacial score (nSPS) is 19.1. The van der Waals surface area contributed by atoms with Crippen LogP contribution in [-0.4, -0.2) is 13.6 Å². The summed E-state index contributed by atoms with van der Waals surface area (Å²) in [7, 11) is 2.14. The summed E-state index contributed by atoms with van der Waals surface area (Å²) in [5.74, 6) is 0.802. The number of hydrogen-bond acceptors (Lipinski definition) is 1. The second kappa shape index (κ2) is 5.70. The van der Waals surface area contributed by atoms with E-state index in [4.69, 9.17) is 0 Å². The Labute approximate surface area is 122 Å². The SMILES string of the molecule is CC1CCc2ccccc21.CN1CCc2ccccc21. The molecule has 1 aliphatic carbocycles. The average Bonchev–Trinajstić information content (AvgIpc) is 3.05. The Morgan fingerprint density at radius 3 is 2.35 bits per heavy atom. The second-order valence-electron chi connectivity index (χ2n) is 5.94. The van der Waals surface area contributed by atoms with Crippen LogP contribution in [0.2, 0.25) is 0 Å². The van der Waals surface area contributed by atoms with Gasteiger partial charge in [-0.1, -0.05) is 49.4 Å². The molecule has 0 N–H and O–H groups in total. The maximum atomic E-state index is 2.31. The zero-order valence-corrected chi connectivity index (χ0v) is 12.5. The van der Waals surface area contributed by atoms with Crippen LogP contribution in [0.4, 0.5) is 5.69 Å². The van der Waals surface area contributed by atoms with Crippen LogP contribution in [-0.2, 0) is 12.8 Å². The van der Waals surface area contributed by atoms with Gasteiger partial charge in [0.25, 0.3) is 0 Å². The van der Waals surface area contributed by atoms with Crippen molar-refractivity contribution in [2.75, 3.05) is 18.5 Å². The number of fused-ring (bicyclic) bond motifs is 2. The third-order valence-corrected chi connectivity index (χ3v) is 4.55. The van der Waals surface area contributed by atoms with Gasteiger partial charge >= 0.3 is 0 Å². The molecule has 2 aromatic rings. The van der Waals surface area contributed by atoms with E-state index in [0.29, 0.717) is 0 Å². The molecule has 1 nitrogen and oxygen atoms in total. The monoisotopic (exact) mass is 265 g/mol. The first kappa shape index (κ1) is 13.2. The predicted molar refractivity (Wildman–Crippen MR) is 86.6 cm³/mol. The van der Waals surface area contributed by atoms with Crippen molar-refractivity contribution in [3.8, 4) is 0 Å². The first-order chi connectivity index (χ1) is 9.75. The van der Waals surface area contributed by atoms with Crippen molar-refractivity contribution < 1.29 is 0 Å². The van der Waals surface area contributed by atoms with Crippen molar-refractivity contribution in [3.63, 3.8) is 0 Å². The summed E-state index contributed by atoms with van der Waals surface area (Å²) < 4.78 is 0. The van der Waals surface area contributed by atoms with Crippen molar-refractivity contribution in [3.05, 3.63) is 65.2 Å². The van der Waals surface area contributed by atoms with Gasteiger partial charge in [0.2, 0.25) is 0 Å². The lowest BCUT2D eigenvalue weighted by Gasteiger charge is -2.10. The molecule has 1 heteroatoms. The zero-order valence-electron chi connectivity index (χ0n) is 12.5. The lowest BCUT2D eigenvalue weighted by molar-refractivity contribution is 0.747. The Hall–Kier alpha value is -1.76. The third kappa shape index (κ3) is 2.58. The Balaban J connectivity index is 0.000000121. The van der Waals surface area contributed by atoms with E-state index in [0.717, 1.165) is 5.92 Å². The summed E-state index contributed by atoms with van der Waals surface area (Å²) in [6, 6.07) is 17.4. The van der Waals surface area contributed by atoms with Gasteiger partial charge in [-0.25, -0.2) is 0 Å². The average molecular weight is 265 g/mol. The lowest BCUT2D eigenvalue weighted by Crippen LogP contribution is -2.12. The Kier molecular flexibility index (Phi) is 3.77. The van der Waals surface area contributed by atoms with E-state index < -0.39 is 0 Å². The number of aryl methyl sites for hydroxylation is 1.